The third-order valence-corrected chi connectivity index (χ3v) is 4.97. The van der Waals surface area contributed by atoms with Crippen LogP contribution in [0, 0.1) is 20.8 Å². The molecule has 0 bridgehead atoms. The maximum Gasteiger partial charge on any atom is 0.222 e. The molecular weight excluding hydrogens is 348 g/mol. The molecule has 0 spiro atoms. The second-order valence-corrected chi connectivity index (χ2v) is 6.88. The van der Waals surface area contributed by atoms with E-state index in [9.17, 15) is 4.79 Å². The Morgan fingerprint density at radius 3 is 2.42 bits per heavy atom. The number of carbonyl (C=O) groups excluding carboxylic acids is 1. The summed E-state index contributed by atoms with van der Waals surface area (Å²) in [4.78, 5) is 14.0. The highest BCUT2D eigenvalue weighted by molar-refractivity contribution is 5.85. The van der Waals surface area contributed by atoms with Crippen molar-refractivity contribution in [1.82, 2.24) is 14.7 Å². The number of nitrogens with zero attached hydrogens (tertiary/aromatic N) is 3. The van der Waals surface area contributed by atoms with Gasteiger partial charge in [0.15, 0.2) is 0 Å². The average molecular weight is 379 g/mol. The van der Waals surface area contributed by atoms with Crippen LogP contribution in [-0.4, -0.2) is 40.2 Å². The van der Waals surface area contributed by atoms with Crippen molar-refractivity contribution in [1.29, 1.82) is 0 Å². The van der Waals surface area contributed by atoms with E-state index in [4.69, 9.17) is 5.73 Å². The van der Waals surface area contributed by atoms with E-state index in [1.54, 1.807) is 4.90 Å². The molecule has 2 N–H and O–H groups in total. The van der Waals surface area contributed by atoms with Crippen molar-refractivity contribution >= 4 is 18.3 Å². The van der Waals surface area contributed by atoms with Crippen molar-refractivity contribution in [2.75, 3.05) is 13.6 Å². The molecule has 2 aromatic rings. The lowest BCUT2D eigenvalue weighted by atomic mass is 10.1. The Labute approximate surface area is 163 Å². The number of hydrogen-bond acceptors (Lipinski definition) is 3. The van der Waals surface area contributed by atoms with E-state index in [-0.39, 0.29) is 24.4 Å². The fourth-order valence-corrected chi connectivity index (χ4v) is 2.93. The first kappa shape index (κ1) is 22.2. The summed E-state index contributed by atoms with van der Waals surface area (Å²) in [6, 6.07) is 8.58. The van der Waals surface area contributed by atoms with Crippen LogP contribution in [-0.2, 0) is 17.8 Å². The van der Waals surface area contributed by atoms with Crippen molar-refractivity contribution in [2.45, 2.75) is 53.1 Å². The molecule has 1 amide bonds. The second kappa shape index (κ2) is 9.74. The van der Waals surface area contributed by atoms with Crippen molar-refractivity contribution in [3.05, 3.63) is 52.3 Å². The summed E-state index contributed by atoms with van der Waals surface area (Å²) >= 11 is 0. The molecule has 26 heavy (non-hydrogen) atoms. The summed E-state index contributed by atoms with van der Waals surface area (Å²) in [6.45, 7) is 9.39. The number of aryl methyl sites for hydroxylation is 2. The molecule has 0 saturated carbocycles. The maximum atomic E-state index is 12.3. The lowest BCUT2D eigenvalue weighted by Crippen LogP contribution is -2.39. The first-order chi connectivity index (χ1) is 11.8. The molecule has 0 aliphatic carbocycles. The third kappa shape index (κ3) is 5.32. The molecule has 0 radical (unpaired) electrons. The quantitative estimate of drug-likeness (QED) is 0.805. The van der Waals surface area contributed by atoms with Gasteiger partial charge in [-0.05, 0) is 45.2 Å². The first-order valence-corrected chi connectivity index (χ1v) is 8.87. The highest BCUT2D eigenvalue weighted by Crippen LogP contribution is 2.17. The van der Waals surface area contributed by atoms with Crippen molar-refractivity contribution in [3.63, 3.8) is 0 Å². The number of nitrogens with two attached hydrogens (primary N) is 1. The van der Waals surface area contributed by atoms with Crippen LogP contribution in [0.4, 0.5) is 0 Å². The lowest BCUT2D eigenvalue weighted by Gasteiger charge is -2.23. The van der Waals surface area contributed by atoms with Crippen molar-refractivity contribution < 1.29 is 4.79 Å². The van der Waals surface area contributed by atoms with E-state index < -0.39 is 0 Å². The molecule has 6 heteroatoms. The van der Waals surface area contributed by atoms with Crippen LogP contribution in [0.5, 0.6) is 0 Å². The molecule has 0 aliphatic rings. The van der Waals surface area contributed by atoms with E-state index in [0.717, 1.165) is 17.9 Å². The SMILES string of the molecule is Cc1ccc(Cn2nc(C)c(CCC(=O)N(C)C(C)CN)c2C)cc1.Cl. The van der Waals surface area contributed by atoms with Crippen LogP contribution in [0.25, 0.3) is 0 Å². The minimum absolute atomic E-state index is 0. The Hall–Kier alpha value is -1.85. The molecule has 1 atom stereocenters. The van der Waals surface area contributed by atoms with E-state index >= 15 is 0 Å². The smallest absolute Gasteiger partial charge is 0.222 e. The van der Waals surface area contributed by atoms with Gasteiger partial charge in [-0.2, -0.15) is 5.10 Å². The molecular formula is C20H31ClN4O. The van der Waals surface area contributed by atoms with Gasteiger partial charge in [0, 0.05) is 31.7 Å². The van der Waals surface area contributed by atoms with Crippen molar-refractivity contribution in [3.8, 4) is 0 Å². The Bertz CT molecular complexity index is 724. The van der Waals surface area contributed by atoms with E-state index in [2.05, 4.69) is 43.2 Å². The Balaban J connectivity index is 0.00000338. The van der Waals surface area contributed by atoms with Gasteiger partial charge in [0.2, 0.25) is 5.91 Å². The lowest BCUT2D eigenvalue weighted by molar-refractivity contribution is -0.131. The van der Waals surface area contributed by atoms with Gasteiger partial charge in [-0.25, -0.2) is 0 Å². The number of halogens is 1. The topological polar surface area (TPSA) is 64.2 Å². The van der Waals surface area contributed by atoms with Crippen LogP contribution in [0.1, 0.15) is 41.4 Å². The fraction of sp³-hybridized carbons (Fsp3) is 0.500. The minimum atomic E-state index is 0. The van der Waals surface area contributed by atoms with Crippen LogP contribution >= 0.6 is 12.4 Å². The molecule has 1 aromatic heterocycles. The number of carbonyl (C=O) groups is 1. The normalized spacial score (nSPS) is 11.8. The molecule has 0 saturated heterocycles. The standard InChI is InChI=1S/C20H30N4O.ClH/c1-14-6-8-18(9-7-14)13-24-17(4)19(16(3)22-24)10-11-20(25)23(5)15(2)12-21;/h6-9,15H,10-13,21H2,1-5H3;1H. The molecule has 0 aliphatic heterocycles. The largest absolute Gasteiger partial charge is 0.342 e. The van der Waals surface area contributed by atoms with Crippen LogP contribution < -0.4 is 5.73 Å². The highest BCUT2D eigenvalue weighted by Gasteiger charge is 2.17. The summed E-state index contributed by atoms with van der Waals surface area (Å²) in [5.74, 6) is 0.128. The summed E-state index contributed by atoms with van der Waals surface area (Å²) < 4.78 is 2.03. The van der Waals surface area contributed by atoms with E-state index in [0.29, 0.717) is 19.4 Å². The van der Waals surface area contributed by atoms with Gasteiger partial charge >= 0.3 is 0 Å². The number of benzene rings is 1. The molecule has 144 valence electrons. The molecule has 2 rings (SSSR count). The van der Waals surface area contributed by atoms with Crippen LogP contribution in [0.3, 0.4) is 0 Å². The highest BCUT2D eigenvalue weighted by atomic mass is 35.5. The second-order valence-electron chi connectivity index (χ2n) is 6.88. The van der Waals surface area contributed by atoms with Crippen LogP contribution in [0.2, 0.25) is 0 Å². The van der Waals surface area contributed by atoms with E-state index in [1.807, 2.05) is 25.6 Å². The summed E-state index contributed by atoms with van der Waals surface area (Å²) in [6.07, 6.45) is 1.20. The molecule has 1 unspecified atom stereocenters. The molecule has 5 nitrogen and oxygen atoms in total. The van der Waals surface area contributed by atoms with Crippen LogP contribution in [0.15, 0.2) is 24.3 Å². The number of amides is 1. The summed E-state index contributed by atoms with van der Waals surface area (Å²) in [7, 11) is 1.82. The van der Waals surface area contributed by atoms with Gasteiger partial charge in [-0.15, -0.1) is 12.4 Å². The zero-order valence-corrected chi connectivity index (χ0v) is 17.3. The number of likely N-dealkylation sites (N-methyl/N-ethyl adjacent to an activating group) is 1. The summed E-state index contributed by atoms with van der Waals surface area (Å²) in [5, 5.41) is 4.67. The van der Waals surface area contributed by atoms with Crippen molar-refractivity contribution in [2.24, 2.45) is 5.73 Å². The maximum absolute atomic E-state index is 12.3. The number of hydrogen-bond donors (Lipinski definition) is 1. The molecule has 0 fully saturated rings. The third-order valence-electron chi connectivity index (χ3n) is 4.97. The van der Waals surface area contributed by atoms with Gasteiger partial charge in [-0.1, -0.05) is 29.8 Å². The van der Waals surface area contributed by atoms with E-state index in [1.165, 1.54) is 16.7 Å². The summed E-state index contributed by atoms with van der Waals surface area (Å²) in [5.41, 5.74) is 11.5. The average Bonchev–Trinajstić information content (AvgIpc) is 2.86. The molecule has 1 aromatic carbocycles. The van der Waals surface area contributed by atoms with Gasteiger partial charge < -0.3 is 10.6 Å². The van der Waals surface area contributed by atoms with Gasteiger partial charge in [-0.3, -0.25) is 9.48 Å². The number of rotatable bonds is 7. The Kier molecular flexibility index (Phi) is 8.31. The molecule has 1 heterocycles. The van der Waals surface area contributed by atoms with Gasteiger partial charge in [0.25, 0.3) is 0 Å². The zero-order valence-electron chi connectivity index (χ0n) is 16.5. The fourth-order valence-electron chi connectivity index (χ4n) is 2.93. The Morgan fingerprint density at radius 2 is 1.85 bits per heavy atom. The van der Waals surface area contributed by atoms with Gasteiger partial charge in [0.05, 0.1) is 12.2 Å². The zero-order chi connectivity index (χ0) is 18.6. The predicted molar refractivity (Wildman–Crippen MR) is 109 cm³/mol. The Morgan fingerprint density at radius 1 is 1.23 bits per heavy atom. The first-order valence-electron chi connectivity index (χ1n) is 8.87. The van der Waals surface area contributed by atoms with Gasteiger partial charge in [0.1, 0.15) is 0 Å². The minimum Gasteiger partial charge on any atom is -0.342 e. The number of aromatic nitrogens is 2. The predicted octanol–water partition coefficient (Wildman–Crippen LogP) is 3.02. The monoisotopic (exact) mass is 378 g/mol.